The number of imide groups is 1. The van der Waals surface area contributed by atoms with E-state index in [1.165, 1.54) is 0 Å². The van der Waals surface area contributed by atoms with Crippen LogP contribution in [0.15, 0.2) is 55.0 Å². The summed E-state index contributed by atoms with van der Waals surface area (Å²) in [5.41, 5.74) is 8.47. The Labute approximate surface area is 359 Å². The fraction of sp³-hybridized carbons (Fsp3) is 0.457. The van der Waals surface area contributed by atoms with Gasteiger partial charge < -0.3 is 28.7 Å². The van der Waals surface area contributed by atoms with E-state index in [9.17, 15) is 14.4 Å². The second-order valence-electron chi connectivity index (χ2n) is 17.4. The monoisotopic (exact) mass is 846 g/mol. The number of aromatic nitrogens is 4. The van der Waals surface area contributed by atoms with Gasteiger partial charge in [0.15, 0.2) is 5.82 Å². The van der Waals surface area contributed by atoms with Crippen LogP contribution in [0.3, 0.4) is 0 Å². The zero-order valence-corrected chi connectivity index (χ0v) is 35.4. The maximum atomic E-state index is 15.1. The number of carbonyl (C=O) groups is 3. The highest BCUT2D eigenvalue weighted by molar-refractivity contribution is 6.06. The number of amides is 4. The summed E-state index contributed by atoms with van der Waals surface area (Å²) < 4.78 is 40.0. The van der Waals surface area contributed by atoms with E-state index in [4.69, 9.17) is 9.84 Å². The second kappa shape index (κ2) is 16.0. The smallest absolute Gasteiger partial charge is 0.328 e. The predicted molar refractivity (Wildman–Crippen MR) is 232 cm³/mol. The molecule has 14 nitrogen and oxygen atoms in total. The van der Waals surface area contributed by atoms with Crippen molar-refractivity contribution in [3.63, 3.8) is 0 Å². The fourth-order valence-corrected chi connectivity index (χ4v) is 10.4. The number of nitrogens with zero attached hydrogens (tertiary/aromatic N) is 9. The van der Waals surface area contributed by atoms with Crippen molar-refractivity contribution in [1.29, 1.82) is 0 Å². The minimum Gasteiger partial charge on any atom is -0.495 e. The van der Waals surface area contributed by atoms with Crippen LogP contribution in [0.5, 0.6) is 5.75 Å². The SMILES string of the molecule is COc1cn2ccnc2cc1-c1cc2c(cc1C(F)F)N(c1nn(C3CCN(CC4CN(c5cccc(N6CCC(=O)NC6=O)c5C)C4)CC3)c3c1CN(C(C)=O)CC3)CCC2. The number of pyridine rings is 1. The lowest BCUT2D eigenvalue weighted by molar-refractivity contribution is -0.129. The van der Waals surface area contributed by atoms with Gasteiger partial charge in [-0.3, -0.25) is 24.5 Å². The number of rotatable bonds is 9. The van der Waals surface area contributed by atoms with Crippen LogP contribution >= 0.6 is 0 Å². The van der Waals surface area contributed by atoms with Crippen molar-refractivity contribution in [2.24, 2.45) is 5.92 Å². The quantitative estimate of drug-likeness (QED) is 0.174. The number of fused-ring (bicyclic) bond motifs is 3. The lowest BCUT2D eigenvalue weighted by Gasteiger charge is -2.45. The van der Waals surface area contributed by atoms with Crippen LogP contribution in [0, 0.1) is 12.8 Å². The molecule has 5 aliphatic rings. The Bertz CT molecular complexity index is 2580. The molecule has 3 aromatic heterocycles. The molecular weight excluding hydrogens is 795 g/mol. The number of likely N-dealkylation sites (tertiary alicyclic amines) is 1. The molecule has 0 atom stereocenters. The summed E-state index contributed by atoms with van der Waals surface area (Å²) in [5, 5.41) is 7.81. The molecule has 3 saturated heterocycles. The van der Waals surface area contributed by atoms with Gasteiger partial charge in [0.2, 0.25) is 11.8 Å². The first-order chi connectivity index (χ1) is 30.0. The van der Waals surface area contributed by atoms with Crippen LogP contribution in [-0.4, -0.2) is 106 Å². The van der Waals surface area contributed by atoms with Crippen molar-refractivity contribution >= 4 is 46.4 Å². The Morgan fingerprint density at radius 3 is 2.52 bits per heavy atom. The average molecular weight is 847 g/mol. The van der Waals surface area contributed by atoms with E-state index in [1.54, 1.807) is 49.7 Å². The third-order valence-electron chi connectivity index (χ3n) is 13.7. The molecule has 62 heavy (non-hydrogen) atoms. The van der Waals surface area contributed by atoms with Gasteiger partial charge in [-0.15, -0.1) is 0 Å². The first-order valence-corrected chi connectivity index (χ1v) is 21.8. The van der Waals surface area contributed by atoms with Gasteiger partial charge in [0.05, 0.1) is 31.6 Å². The Morgan fingerprint density at radius 1 is 0.952 bits per heavy atom. The summed E-state index contributed by atoms with van der Waals surface area (Å²) >= 11 is 0. The van der Waals surface area contributed by atoms with Gasteiger partial charge in [-0.1, -0.05) is 6.07 Å². The Hall–Kier alpha value is -6.03. The van der Waals surface area contributed by atoms with Crippen molar-refractivity contribution in [1.82, 2.24) is 34.3 Å². The molecule has 0 unspecified atom stereocenters. The highest BCUT2D eigenvalue weighted by Gasteiger charge is 2.37. The molecule has 10 rings (SSSR count). The summed E-state index contributed by atoms with van der Waals surface area (Å²) in [4.78, 5) is 52.0. The Balaban J connectivity index is 0.867. The molecule has 0 spiro atoms. The number of imidazole rings is 1. The van der Waals surface area contributed by atoms with E-state index in [0.717, 1.165) is 104 Å². The molecule has 1 N–H and O–H groups in total. The minimum atomic E-state index is -2.73. The van der Waals surface area contributed by atoms with Gasteiger partial charge in [0, 0.05) is 124 Å². The Kier molecular flexibility index (Phi) is 10.4. The van der Waals surface area contributed by atoms with Gasteiger partial charge in [0.1, 0.15) is 11.4 Å². The molecular formula is C46H52F2N10O4. The van der Waals surface area contributed by atoms with Crippen LogP contribution < -0.4 is 24.8 Å². The molecule has 5 aromatic rings. The number of anilines is 4. The molecule has 324 valence electrons. The van der Waals surface area contributed by atoms with Crippen LogP contribution in [-0.2, 0) is 29.0 Å². The fourth-order valence-electron chi connectivity index (χ4n) is 10.4. The second-order valence-corrected chi connectivity index (χ2v) is 17.4. The molecule has 8 heterocycles. The number of nitrogens with one attached hydrogen (secondary N) is 1. The molecule has 0 aliphatic carbocycles. The highest BCUT2D eigenvalue weighted by atomic mass is 19.3. The molecule has 0 radical (unpaired) electrons. The average Bonchev–Trinajstić information content (AvgIpc) is 3.88. The number of piperidine rings is 1. The maximum Gasteiger partial charge on any atom is 0.328 e. The van der Waals surface area contributed by atoms with E-state index >= 15 is 8.78 Å². The number of alkyl halides is 2. The number of benzene rings is 2. The van der Waals surface area contributed by atoms with E-state index in [-0.39, 0.29) is 29.5 Å². The van der Waals surface area contributed by atoms with E-state index < -0.39 is 6.43 Å². The van der Waals surface area contributed by atoms with Crippen molar-refractivity contribution < 1.29 is 27.9 Å². The number of hydrogen-bond donors (Lipinski definition) is 1. The molecule has 2 aromatic carbocycles. The molecule has 16 heteroatoms. The van der Waals surface area contributed by atoms with Gasteiger partial charge in [-0.2, -0.15) is 5.10 Å². The number of aryl methyl sites for hydroxylation is 1. The minimum absolute atomic E-state index is 0.0132. The van der Waals surface area contributed by atoms with E-state index in [2.05, 4.69) is 35.7 Å². The summed E-state index contributed by atoms with van der Waals surface area (Å²) in [5.74, 6) is 1.56. The van der Waals surface area contributed by atoms with Crippen molar-refractivity contribution in [2.75, 3.05) is 74.2 Å². The zero-order valence-electron chi connectivity index (χ0n) is 35.4. The molecule has 0 saturated carbocycles. The lowest BCUT2D eigenvalue weighted by atomic mass is 9.91. The molecule has 5 aliphatic heterocycles. The number of urea groups is 1. The van der Waals surface area contributed by atoms with Gasteiger partial charge in [-0.25, -0.2) is 18.6 Å². The van der Waals surface area contributed by atoms with Gasteiger partial charge in [-0.05, 0) is 79.6 Å². The summed E-state index contributed by atoms with van der Waals surface area (Å²) in [6.07, 6.45) is 6.96. The largest absolute Gasteiger partial charge is 0.495 e. The van der Waals surface area contributed by atoms with Crippen LogP contribution in [0.25, 0.3) is 16.8 Å². The summed E-state index contributed by atoms with van der Waals surface area (Å²) in [6, 6.07) is 11.2. The molecule has 4 amide bonds. The third-order valence-corrected chi connectivity index (χ3v) is 13.7. The van der Waals surface area contributed by atoms with Crippen molar-refractivity contribution in [3.05, 3.63) is 82.9 Å². The van der Waals surface area contributed by atoms with E-state index in [1.807, 2.05) is 34.4 Å². The van der Waals surface area contributed by atoms with Crippen LogP contribution in [0.1, 0.15) is 73.0 Å². The number of ether oxygens (including phenoxy) is 1. The third kappa shape index (κ3) is 7.11. The summed E-state index contributed by atoms with van der Waals surface area (Å²) in [6.45, 7) is 10.5. The maximum absolute atomic E-state index is 15.1. The number of hydrogen-bond acceptors (Lipinski definition) is 9. The number of methoxy groups -OCH3 is 1. The topological polar surface area (TPSA) is 124 Å². The van der Waals surface area contributed by atoms with Crippen molar-refractivity contribution in [2.45, 2.75) is 71.4 Å². The van der Waals surface area contributed by atoms with Gasteiger partial charge >= 0.3 is 6.03 Å². The van der Waals surface area contributed by atoms with E-state index in [0.29, 0.717) is 67.5 Å². The van der Waals surface area contributed by atoms with Gasteiger partial charge in [0.25, 0.3) is 6.43 Å². The first-order valence-electron chi connectivity index (χ1n) is 21.8. The zero-order chi connectivity index (χ0) is 42.8. The van der Waals surface area contributed by atoms with Crippen LogP contribution in [0.4, 0.5) is 36.5 Å². The highest BCUT2D eigenvalue weighted by Crippen LogP contribution is 2.46. The Morgan fingerprint density at radius 2 is 1.76 bits per heavy atom. The molecule has 3 fully saturated rings. The van der Waals surface area contributed by atoms with Crippen molar-refractivity contribution in [3.8, 4) is 16.9 Å². The summed E-state index contributed by atoms with van der Waals surface area (Å²) in [7, 11) is 1.55. The lowest BCUT2D eigenvalue weighted by Crippen LogP contribution is -2.53. The molecule has 0 bridgehead atoms. The van der Waals surface area contributed by atoms with Crippen LogP contribution in [0.2, 0.25) is 0 Å². The normalized spacial score (nSPS) is 18.9. The number of halogens is 2. The standard InChI is InChI=1S/C46H52F2N10O4/c1-28-37(7-4-8-38(28)57-18-12-43(60)50-46(57)61)55-24-30(25-55)23-52-15-9-32(10-16-52)58-39-11-17-53(29(2)59)26-36(39)45(51-58)56-14-5-6-31-20-33(35(44(47)48)21-40(31)56)34-22-42-49-13-19-54(42)27-41(34)62-3/h4,7-8,13,19-22,27,30,32,44H,5-6,9-12,14-18,23-26H2,1-3H3,(H,50,60,61). The predicted octanol–water partition coefficient (Wildman–Crippen LogP) is 6.66. The first kappa shape index (κ1) is 40.1. The number of carbonyl (C=O) groups excluding carboxylic acids is 3.